The number of Topliss-reactive ketones (excluding diaryl/α,β-unsaturated/α-hetero) is 1. The Morgan fingerprint density at radius 2 is 1.63 bits per heavy atom. The van der Waals surface area contributed by atoms with E-state index in [-0.39, 0.29) is 5.78 Å². The lowest BCUT2D eigenvalue weighted by molar-refractivity contribution is -0.127. The summed E-state index contributed by atoms with van der Waals surface area (Å²) in [5, 5.41) is 0. The molecule has 0 bridgehead atoms. The van der Waals surface area contributed by atoms with Crippen LogP contribution in [0.15, 0.2) is 54.6 Å². The van der Waals surface area contributed by atoms with E-state index in [1.54, 1.807) is 6.92 Å². The van der Waals surface area contributed by atoms with Crippen molar-refractivity contribution in [2.75, 3.05) is 0 Å². The lowest BCUT2D eigenvalue weighted by Crippen LogP contribution is -2.46. The minimum Gasteiger partial charge on any atom is -0.474 e. The fraction of sp³-hybridized carbons (Fsp3) is 0.125. The maximum atomic E-state index is 12.5. The average molecular weight is 268 g/mol. The molecule has 19 heavy (non-hydrogen) atoms. The van der Waals surface area contributed by atoms with E-state index in [9.17, 15) is 4.79 Å². The molecule has 1 aliphatic rings. The smallest absolute Gasteiger partial charge is 0.222 e. The van der Waals surface area contributed by atoms with Gasteiger partial charge in [0.2, 0.25) is 5.78 Å². The highest BCUT2D eigenvalue weighted by molar-refractivity contribution is 7.82. The van der Waals surface area contributed by atoms with E-state index in [4.69, 9.17) is 17.0 Å². The lowest BCUT2D eigenvalue weighted by Gasteiger charge is -2.34. The number of carbonyl (C=O) groups excluding carboxylic acids is 1. The van der Waals surface area contributed by atoms with E-state index >= 15 is 0 Å². The molecule has 0 saturated heterocycles. The second kappa shape index (κ2) is 4.28. The normalized spacial score (nSPS) is 21.7. The van der Waals surface area contributed by atoms with Crippen LogP contribution in [0.2, 0.25) is 0 Å². The lowest BCUT2D eigenvalue weighted by atomic mass is 9.85. The first-order valence-corrected chi connectivity index (χ1v) is 6.46. The molecule has 3 rings (SSSR count). The van der Waals surface area contributed by atoms with E-state index in [2.05, 4.69) is 0 Å². The fourth-order valence-corrected chi connectivity index (χ4v) is 2.66. The minimum atomic E-state index is -1.04. The molecule has 0 amide bonds. The summed E-state index contributed by atoms with van der Waals surface area (Å²) in [6, 6.07) is 16.8. The van der Waals surface area contributed by atoms with Gasteiger partial charge in [-0.1, -0.05) is 54.7 Å². The Hall–Kier alpha value is -2.00. The van der Waals surface area contributed by atoms with E-state index in [0.717, 1.165) is 5.56 Å². The highest BCUT2D eigenvalue weighted by atomic mass is 32.1. The van der Waals surface area contributed by atoms with E-state index in [1.807, 2.05) is 54.6 Å². The number of benzene rings is 2. The number of hydrogen-bond donors (Lipinski definition) is 0. The zero-order valence-electron chi connectivity index (χ0n) is 10.4. The molecule has 1 unspecified atom stereocenters. The van der Waals surface area contributed by atoms with Gasteiger partial charge in [0, 0.05) is 11.1 Å². The number of para-hydroxylation sites is 1. The van der Waals surface area contributed by atoms with Gasteiger partial charge in [0.05, 0.1) is 4.86 Å². The summed E-state index contributed by atoms with van der Waals surface area (Å²) in [6.07, 6.45) is 0. The van der Waals surface area contributed by atoms with Crippen molar-refractivity contribution in [2.24, 2.45) is 0 Å². The molecule has 0 N–H and O–H groups in total. The summed E-state index contributed by atoms with van der Waals surface area (Å²) >= 11 is 5.30. The molecule has 0 radical (unpaired) electrons. The third-order valence-corrected chi connectivity index (χ3v) is 3.82. The molecular formula is C16H12O2S. The molecule has 1 heterocycles. The van der Waals surface area contributed by atoms with Crippen molar-refractivity contribution in [3.63, 3.8) is 0 Å². The molecule has 2 nitrogen and oxygen atoms in total. The highest BCUT2D eigenvalue weighted by Gasteiger charge is 2.44. The van der Waals surface area contributed by atoms with Gasteiger partial charge in [-0.25, -0.2) is 0 Å². The number of ether oxygens (including phenoxy) is 1. The number of ketones is 1. The molecule has 3 heteroatoms. The van der Waals surface area contributed by atoms with E-state index in [1.165, 1.54) is 0 Å². The molecule has 1 atom stereocenters. The Bertz CT molecular complexity index is 663. The SMILES string of the molecule is CC1(c2ccccc2)Oc2ccccc2C(=S)C1=O. The summed E-state index contributed by atoms with van der Waals surface area (Å²) in [4.78, 5) is 12.9. The minimum absolute atomic E-state index is 0.160. The molecule has 0 aromatic heterocycles. The molecule has 2 aromatic rings. The predicted molar refractivity (Wildman–Crippen MR) is 77.6 cm³/mol. The quantitative estimate of drug-likeness (QED) is 0.742. The number of carbonyl (C=O) groups is 1. The third kappa shape index (κ3) is 1.78. The summed E-state index contributed by atoms with van der Waals surface area (Å²) in [6.45, 7) is 1.77. The number of fused-ring (bicyclic) bond motifs is 1. The van der Waals surface area contributed by atoms with Gasteiger partial charge in [-0.3, -0.25) is 4.79 Å². The topological polar surface area (TPSA) is 26.3 Å². The summed E-state index contributed by atoms with van der Waals surface area (Å²) < 4.78 is 5.95. The summed E-state index contributed by atoms with van der Waals surface area (Å²) in [7, 11) is 0. The second-order valence-electron chi connectivity index (χ2n) is 4.66. The van der Waals surface area contributed by atoms with Crippen LogP contribution in [0.5, 0.6) is 5.75 Å². The summed E-state index contributed by atoms with van der Waals surface area (Å²) in [5.41, 5.74) is 0.486. The van der Waals surface area contributed by atoms with Crippen molar-refractivity contribution in [1.82, 2.24) is 0 Å². The molecule has 0 spiro atoms. The van der Waals surface area contributed by atoms with Gasteiger partial charge in [0.1, 0.15) is 5.75 Å². The van der Waals surface area contributed by atoms with Crippen molar-refractivity contribution < 1.29 is 9.53 Å². The number of thiocarbonyl (C=S) groups is 1. The van der Waals surface area contributed by atoms with Crippen molar-refractivity contribution >= 4 is 22.9 Å². The third-order valence-electron chi connectivity index (χ3n) is 3.41. The van der Waals surface area contributed by atoms with Gasteiger partial charge in [-0.2, -0.15) is 0 Å². The standard InChI is InChI=1S/C16H12O2S/c1-16(11-7-3-2-4-8-11)15(17)14(19)12-9-5-6-10-13(12)18-16/h2-10H,1H3. The first kappa shape index (κ1) is 12.1. The van der Waals surface area contributed by atoms with Gasteiger partial charge >= 0.3 is 0 Å². The van der Waals surface area contributed by atoms with Crippen LogP contribution >= 0.6 is 12.2 Å². The molecule has 0 aliphatic carbocycles. The Labute approximate surface area is 117 Å². The maximum absolute atomic E-state index is 12.5. The first-order valence-electron chi connectivity index (χ1n) is 6.05. The molecule has 0 fully saturated rings. The zero-order valence-corrected chi connectivity index (χ0v) is 11.2. The average Bonchev–Trinajstić information content (AvgIpc) is 2.46. The maximum Gasteiger partial charge on any atom is 0.222 e. The van der Waals surface area contributed by atoms with Gasteiger partial charge < -0.3 is 4.74 Å². The van der Waals surface area contributed by atoms with Crippen LogP contribution in [-0.2, 0) is 10.4 Å². The van der Waals surface area contributed by atoms with Gasteiger partial charge in [-0.15, -0.1) is 0 Å². The monoisotopic (exact) mass is 268 g/mol. The molecule has 0 saturated carbocycles. The Balaban J connectivity index is 2.16. The van der Waals surface area contributed by atoms with Gasteiger partial charge in [0.25, 0.3) is 0 Å². The Kier molecular flexibility index (Phi) is 2.72. The predicted octanol–water partition coefficient (Wildman–Crippen LogP) is 3.28. The first-order chi connectivity index (χ1) is 9.13. The van der Waals surface area contributed by atoms with Crippen molar-refractivity contribution in [1.29, 1.82) is 0 Å². The molecule has 2 aromatic carbocycles. The van der Waals surface area contributed by atoms with Crippen LogP contribution in [0.25, 0.3) is 0 Å². The van der Waals surface area contributed by atoms with Crippen molar-refractivity contribution in [3.05, 3.63) is 65.7 Å². The molecule has 1 aliphatic heterocycles. The van der Waals surface area contributed by atoms with E-state index < -0.39 is 5.60 Å². The Morgan fingerprint density at radius 3 is 2.37 bits per heavy atom. The van der Waals surface area contributed by atoms with Gasteiger partial charge in [-0.05, 0) is 19.1 Å². The number of hydrogen-bond acceptors (Lipinski definition) is 3. The van der Waals surface area contributed by atoms with Crippen LogP contribution in [0.1, 0.15) is 18.1 Å². The van der Waals surface area contributed by atoms with Gasteiger partial charge in [0.15, 0.2) is 5.60 Å². The molecule has 94 valence electrons. The summed E-state index contributed by atoms with van der Waals surface area (Å²) in [5.74, 6) is 0.505. The van der Waals surface area contributed by atoms with Crippen LogP contribution in [-0.4, -0.2) is 10.6 Å². The molecular weight excluding hydrogens is 256 g/mol. The fourth-order valence-electron chi connectivity index (χ4n) is 2.29. The van der Waals surface area contributed by atoms with Crippen molar-refractivity contribution in [2.45, 2.75) is 12.5 Å². The van der Waals surface area contributed by atoms with Crippen LogP contribution < -0.4 is 4.74 Å². The zero-order chi connectivity index (χ0) is 13.5. The van der Waals surface area contributed by atoms with Crippen LogP contribution in [0.3, 0.4) is 0 Å². The largest absolute Gasteiger partial charge is 0.474 e. The highest BCUT2D eigenvalue weighted by Crippen LogP contribution is 2.37. The van der Waals surface area contributed by atoms with Crippen LogP contribution in [0, 0.1) is 0 Å². The van der Waals surface area contributed by atoms with Crippen molar-refractivity contribution in [3.8, 4) is 5.75 Å². The second-order valence-corrected chi connectivity index (χ2v) is 5.06. The van der Waals surface area contributed by atoms with Crippen LogP contribution in [0.4, 0.5) is 0 Å². The number of rotatable bonds is 1. The van der Waals surface area contributed by atoms with E-state index in [0.29, 0.717) is 16.2 Å². The Morgan fingerprint density at radius 1 is 1.00 bits per heavy atom.